The molecule has 0 aliphatic carbocycles. The Labute approximate surface area is 147 Å². The second kappa shape index (κ2) is 5.69. The Morgan fingerprint density at radius 1 is 1.20 bits per heavy atom. The lowest BCUT2D eigenvalue weighted by Crippen LogP contribution is -2.27. The van der Waals surface area contributed by atoms with Gasteiger partial charge in [-0.3, -0.25) is 4.79 Å². The Bertz CT molecular complexity index is 1140. The number of nitrogens with two attached hydrogens (primary N) is 1. The van der Waals surface area contributed by atoms with E-state index in [1.807, 2.05) is 24.3 Å². The monoisotopic (exact) mass is 349 g/mol. The molecule has 3 aromatic rings. The van der Waals surface area contributed by atoms with Crippen LogP contribution in [0, 0.1) is 11.3 Å². The van der Waals surface area contributed by atoms with E-state index < -0.39 is 5.92 Å². The summed E-state index contributed by atoms with van der Waals surface area (Å²) in [5, 5.41) is 10.8. The number of aromatic amines is 1. The highest BCUT2D eigenvalue weighted by atomic mass is 35.5. The molecule has 0 radical (unpaired) electrons. The predicted octanol–water partition coefficient (Wildman–Crippen LogP) is 3.40. The van der Waals surface area contributed by atoms with Crippen LogP contribution in [0.4, 0.5) is 0 Å². The van der Waals surface area contributed by atoms with Crippen LogP contribution in [0.15, 0.2) is 64.8 Å². The van der Waals surface area contributed by atoms with Gasteiger partial charge in [0.1, 0.15) is 17.4 Å². The zero-order valence-electron chi connectivity index (χ0n) is 12.9. The van der Waals surface area contributed by atoms with E-state index in [9.17, 15) is 10.1 Å². The van der Waals surface area contributed by atoms with E-state index in [0.717, 1.165) is 5.39 Å². The molecule has 2 heterocycles. The molecular formula is C19H12ClN3O2. The first kappa shape index (κ1) is 15.3. The van der Waals surface area contributed by atoms with Gasteiger partial charge in [0.05, 0.1) is 17.0 Å². The molecule has 0 spiro atoms. The molecule has 1 aliphatic rings. The third-order valence-electron chi connectivity index (χ3n) is 4.27. The maximum Gasteiger partial charge on any atom is 0.256 e. The number of allylic oxidation sites excluding steroid dienone is 1. The molecule has 0 saturated heterocycles. The maximum atomic E-state index is 12.8. The molecule has 0 bridgehead atoms. The number of nitrogens with zero attached hydrogens (tertiary/aromatic N) is 1. The van der Waals surface area contributed by atoms with Crippen molar-refractivity contribution in [2.75, 3.05) is 0 Å². The fraction of sp³-hybridized carbons (Fsp3) is 0.0526. The summed E-state index contributed by atoms with van der Waals surface area (Å²) in [6, 6.07) is 16.4. The van der Waals surface area contributed by atoms with E-state index in [1.54, 1.807) is 24.3 Å². The van der Waals surface area contributed by atoms with Crippen LogP contribution in [-0.4, -0.2) is 4.98 Å². The fourth-order valence-electron chi connectivity index (χ4n) is 3.19. The summed E-state index contributed by atoms with van der Waals surface area (Å²) >= 11 is 6.11. The Hall–Kier alpha value is -3.23. The van der Waals surface area contributed by atoms with Gasteiger partial charge < -0.3 is 15.5 Å². The second-order valence-corrected chi connectivity index (χ2v) is 6.16. The molecule has 122 valence electrons. The SMILES string of the molecule is N#CC1=C(N)Oc2c(c(=O)[nH]c3ccccc23)[C@@H]1c1cccc(Cl)c1. The lowest BCUT2D eigenvalue weighted by molar-refractivity contribution is 0.397. The number of para-hydroxylation sites is 1. The number of ether oxygens (including phenoxy) is 1. The first-order chi connectivity index (χ1) is 12.1. The number of fused-ring (bicyclic) bond motifs is 3. The molecule has 3 N–H and O–H groups in total. The summed E-state index contributed by atoms with van der Waals surface area (Å²) in [5.41, 5.74) is 7.57. The van der Waals surface area contributed by atoms with Gasteiger partial charge in [-0.15, -0.1) is 0 Å². The number of aromatic nitrogens is 1. The molecule has 0 unspecified atom stereocenters. The lowest BCUT2D eigenvalue weighted by atomic mass is 9.83. The number of benzene rings is 2. The van der Waals surface area contributed by atoms with Gasteiger partial charge >= 0.3 is 0 Å². The van der Waals surface area contributed by atoms with Gasteiger partial charge in [-0.2, -0.15) is 5.26 Å². The number of pyridine rings is 1. The highest BCUT2D eigenvalue weighted by molar-refractivity contribution is 6.30. The van der Waals surface area contributed by atoms with E-state index >= 15 is 0 Å². The van der Waals surface area contributed by atoms with Gasteiger partial charge in [-0.25, -0.2) is 0 Å². The van der Waals surface area contributed by atoms with Crippen molar-refractivity contribution in [3.63, 3.8) is 0 Å². The van der Waals surface area contributed by atoms with Gasteiger partial charge in [0.15, 0.2) is 0 Å². The minimum atomic E-state index is -0.638. The standard InChI is InChI=1S/C19H12ClN3O2/c20-11-5-3-4-10(8-11)15-13(9-21)18(22)25-17-12-6-1-2-7-14(12)23-19(24)16(15)17/h1-8,15H,22H2,(H,23,24)/t15-/m1/s1. The molecule has 0 amide bonds. The summed E-state index contributed by atoms with van der Waals surface area (Å²) in [6.07, 6.45) is 0. The van der Waals surface area contributed by atoms with E-state index in [0.29, 0.717) is 27.4 Å². The quantitative estimate of drug-likeness (QED) is 0.704. The molecule has 6 heteroatoms. The van der Waals surface area contributed by atoms with Crippen LogP contribution in [0.5, 0.6) is 5.75 Å². The van der Waals surface area contributed by atoms with Gasteiger partial charge in [0, 0.05) is 10.4 Å². The Morgan fingerprint density at radius 2 is 2.00 bits per heavy atom. The predicted molar refractivity (Wildman–Crippen MR) is 95.3 cm³/mol. The topological polar surface area (TPSA) is 91.9 Å². The van der Waals surface area contributed by atoms with Crippen molar-refractivity contribution in [1.82, 2.24) is 4.98 Å². The molecule has 1 atom stereocenters. The molecule has 5 nitrogen and oxygen atoms in total. The zero-order valence-corrected chi connectivity index (χ0v) is 13.7. The van der Waals surface area contributed by atoms with Crippen molar-refractivity contribution >= 4 is 22.5 Å². The minimum absolute atomic E-state index is 0.00396. The molecule has 2 aromatic carbocycles. The number of H-pyrrole nitrogens is 1. The van der Waals surface area contributed by atoms with Crippen LogP contribution >= 0.6 is 11.6 Å². The Kier molecular flexibility index (Phi) is 3.48. The number of nitrogens with one attached hydrogen (secondary N) is 1. The lowest BCUT2D eigenvalue weighted by Gasteiger charge is -2.26. The third-order valence-corrected chi connectivity index (χ3v) is 4.50. The van der Waals surface area contributed by atoms with Crippen LogP contribution in [0.25, 0.3) is 10.9 Å². The van der Waals surface area contributed by atoms with Crippen molar-refractivity contribution in [2.24, 2.45) is 5.73 Å². The Balaban J connectivity index is 2.10. The molecule has 25 heavy (non-hydrogen) atoms. The minimum Gasteiger partial charge on any atom is -0.439 e. The third kappa shape index (κ3) is 2.35. The molecule has 1 aromatic heterocycles. The van der Waals surface area contributed by atoms with Crippen LogP contribution < -0.4 is 16.0 Å². The smallest absolute Gasteiger partial charge is 0.256 e. The summed E-state index contributed by atoms with van der Waals surface area (Å²) in [7, 11) is 0. The van der Waals surface area contributed by atoms with E-state index in [-0.39, 0.29) is 17.0 Å². The summed E-state index contributed by atoms with van der Waals surface area (Å²) in [6.45, 7) is 0. The average molecular weight is 350 g/mol. The largest absolute Gasteiger partial charge is 0.439 e. The molecular weight excluding hydrogens is 338 g/mol. The average Bonchev–Trinajstić information content (AvgIpc) is 2.60. The van der Waals surface area contributed by atoms with Crippen molar-refractivity contribution in [3.05, 3.63) is 86.5 Å². The summed E-state index contributed by atoms with van der Waals surface area (Å²) < 4.78 is 5.69. The number of nitriles is 1. The first-order valence-corrected chi connectivity index (χ1v) is 7.96. The highest BCUT2D eigenvalue weighted by Gasteiger charge is 2.34. The second-order valence-electron chi connectivity index (χ2n) is 5.72. The van der Waals surface area contributed by atoms with E-state index in [2.05, 4.69) is 11.1 Å². The first-order valence-electron chi connectivity index (χ1n) is 7.58. The van der Waals surface area contributed by atoms with Gasteiger partial charge in [-0.1, -0.05) is 35.9 Å². The Morgan fingerprint density at radius 3 is 2.76 bits per heavy atom. The van der Waals surface area contributed by atoms with Crippen LogP contribution in [0.3, 0.4) is 0 Å². The van der Waals surface area contributed by atoms with Gasteiger partial charge in [0.25, 0.3) is 5.56 Å². The van der Waals surface area contributed by atoms with E-state index in [1.165, 1.54) is 0 Å². The van der Waals surface area contributed by atoms with Gasteiger partial charge in [-0.05, 0) is 29.8 Å². The van der Waals surface area contributed by atoms with Crippen LogP contribution in [0.1, 0.15) is 17.0 Å². The summed E-state index contributed by atoms with van der Waals surface area (Å²) in [4.78, 5) is 15.6. The number of halogens is 1. The van der Waals surface area contributed by atoms with Crippen molar-refractivity contribution in [3.8, 4) is 11.8 Å². The van der Waals surface area contributed by atoms with Gasteiger partial charge in [0.2, 0.25) is 5.88 Å². The van der Waals surface area contributed by atoms with Crippen molar-refractivity contribution < 1.29 is 4.74 Å². The van der Waals surface area contributed by atoms with E-state index in [4.69, 9.17) is 22.1 Å². The van der Waals surface area contributed by atoms with Crippen LogP contribution in [0.2, 0.25) is 5.02 Å². The molecule has 4 rings (SSSR count). The molecule has 1 aliphatic heterocycles. The number of hydrogen-bond donors (Lipinski definition) is 2. The van der Waals surface area contributed by atoms with Crippen LogP contribution in [-0.2, 0) is 0 Å². The molecule has 0 fully saturated rings. The highest BCUT2D eigenvalue weighted by Crippen LogP contribution is 2.43. The van der Waals surface area contributed by atoms with Crippen molar-refractivity contribution in [1.29, 1.82) is 5.26 Å². The summed E-state index contributed by atoms with van der Waals surface area (Å²) in [5.74, 6) is -0.266. The zero-order chi connectivity index (χ0) is 17.6. The number of rotatable bonds is 1. The normalized spacial score (nSPS) is 16.2. The fourth-order valence-corrected chi connectivity index (χ4v) is 3.39. The number of hydrogen-bond acceptors (Lipinski definition) is 4. The molecule has 0 saturated carbocycles. The maximum absolute atomic E-state index is 12.8. The van der Waals surface area contributed by atoms with Crippen molar-refractivity contribution in [2.45, 2.75) is 5.92 Å².